The first kappa shape index (κ1) is 18.0. The molecule has 3 rings (SSSR count). The molecule has 0 spiro atoms. The molecule has 1 aromatic rings. The molecular weight excluding hydrogens is 312 g/mol. The quantitative estimate of drug-likeness (QED) is 0.859. The molecule has 3 atom stereocenters. The van der Waals surface area contributed by atoms with E-state index in [0.29, 0.717) is 30.2 Å². The Morgan fingerprint density at radius 1 is 1.13 bits per heavy atom. The molecule has 126 valence electrons. The number of rotatable bonds is 4. The number of hydrogen-bond acceptors (Lipinski definition) is 3. The highest BCUT2D eigenvalue weighted by Gasteiger charge is 2.42. The third kappa shape index (κ3) is 3.93. The van der Waals surface area contributed by atoms with Crippen molar-refractivity contribution in [1.82, 2.24) is 4.90 Å². The van der Waals surface area contributed by atoms with Crippen LogP contribution in [0, 0.1) is 18.8 Å². The van der Waals surface area contributed by atoms with Crippen LogP contribution in [-0.2, 0) is 4.79 Å². The molecule has 0 radical (unpaired) electrons. The van der Waals surface area contributed by atoms with Gasteiger partial charge in [-0.25, -0.2) is 0 Å². The van der Waals surface area contributed by atoms with Crippen LogP contribution in [0.3, 0.4) is 0 Å². The van der Waals surface area contributed by atoms with Crippen molar-refractivity contribution < 1.29 is 9.59 Å². The third-order valence-corrected chi connectivity index (χ3v) is 5.20. The molecule has 2 aliphatic rings. The number of amides is 1. The molecular formula is C18H25ClN2O2. The number of hydrogen-bond donors (Lipinski definition) is 1. The maximum Gasteiger partial charge on any atom is 0.223 e. The SMILES string of the molecule is Cc1ccc(C(=O)CCC(=O)N2CC3CCC(N)C3C2)cc1.Cl. The van der Waals surface area contributed by atoms with Crippen molar-refractivity contribution in [2.75, 3.05) is 13.1 Å². The number of ketones is 1. The van der Waals surface area contributed by atoms with E-state index < -0.39 is 0 Å². The second-order valence-electron chi connectivity index (χ2n) is 6.75. The number of aryl methyl sites for hydroxylation is 1. The first-order valence-corrected chi connectivity index (χ1v) is 8.18. The Hall–Kier alpha value is -1.39. The monoisotopic (exact) mass is 336 g/mol. The van der Waals surface area contributed by atoms with Gasteiger partial charge in [-0.05, 0) is 31.6 Å². The molecule has 2 fully saturated rings. The fourth-order valence-corrected chi connectivity index (χ4v) is 3.77. The van der Waals surface area contributed by atoms with Crippen LogP contribution in [0.5, 0.6) is 0 Å². The molecule has 1 saturated carbocycles. The summed E-state index contributed by atoms with van der Waals surface area (Å²) in [4.78, 5) is 26.4. The molecule has 1 amide bonds. The molecule has 5 heteroatoms. The van der Waals surface area contributed by atoms with E-state index in [4.69, 9.17) is 5.73 Å². The molecule has 4 nitrogen and oxygen atoms in total. The lowest BCUT2D eigenvalue weighted by molar-refractivity contribution is -0.130. The van der Waals surface area contributed by atoms with Crippen LogP contribution < -0.4 is 5.73 Å². The summed E-state index contributed by atoms with van der Waals surface area (Å²) < 4.78 is 0. The van der Waals surface area contributed by atoms with Crippen molar-refractivity contribution >= 4 is 24.1 Å². The van der Waals surface area contributed by atoms with Crippen molar-refractivity contribution in [3.05, 3.63) is 35.4 Å². The predicted molar refractivity (Wildman–Crippen MR) is 92.8 cm³/mol. The zero-order chi connectivity index (χ0) is 15.7. The van der Waals surface area contributed by atoms with Crippen LogP contribution in [-0.4, -0.2) is 35.7 Å². The fraction of sp³-hybridized carbons (Fsp3) is 0.556. The minimum atomic E-state index is 0. The lowest BCUT2D eigenvalue weighted by Gasteiger charge is -2.18. The second-order valence-corrected chi connectivity index (χ2v) is 6.75. The van der Waals surface area contributed by atoms with Gasteiger partial charge in [-0.1, -0.05) is 29.8 Å². The Kier molecular flexibility index (Phi) is 5.82. The molecule has 1 heterocycles. The summed E-state index contributed by atoms with van der Waals surface area (Å²) in [7, 11) is 0. The first-order valence-electron chi connectivity index (χ1n) is 8.18. The van der Waals surface area contributed by atoms with Gasteiger partial charge in [0.25, 0.3) is 0 Å². The Labute approximate surface area is 143 Å². The van der Waals surface area contributed by atoms with Crippen molar-refractivity contribution in [1.29, 1.82) is 0 Å². The lowest BCUT2D eigenvalue weighted by atomic mass is 9.98. The van der Waals surface area contributed by atoms with Gasteiger partial charge in [-0.15, -0.1) is 12.4 Å². The molecule has 2 N–H and O–H groups in total. The number of fused-ring (bicyclic) bond motifs is 1. The Bertz CT molecular complexity index is 573. The number of likely N-dealkylation sites (tertiary alicyclic amines) is 1. The number of Topliss-reactive ketones (excluding diaryl/α,β-unsaturated/α-hetero) is 1. The number of benzene rings is 1. The van der Waals surface area contributed by atoms with Crippen molar-refractivity contribution in [2.45, 2.75) is 38.6 Å². The molecule has 0 bridgehead atoms. The smallest absolute Gasteiger partial charge is 0.223 e. The van der Waals surface area contributed by atoms with E-state index in [1.165, 1.54) is 0 Å². The Morgan fingerprint density at radius 3 is 2.48 bits per heavy atom. The van der Waals surface area contributed by atoms with Crippen LogP contribution in [0.2, 0.25) is 0 Å². The summed E-state index contributed by atoms with van der Waals surface area (Å²) in [6, 6.07) is 7.77. The van der Waals surface area contributed by atoms with Gasteiger partial charge in [0.1, 0.15) is 0 Å². The van der Waals surface area contributed by atoms with Gasteiger partial charge in [0.15, 0.2) is 5.78 Å². The summed E-state index contributed by atoms with van der Waals surface area (Å²) >= 11 is 0. The summed E-state index contributed by atoms with van der Waals surface area (Å²) in [6.07, 6.45) is 2.82. The van der Waals surface area contributed by atoms with Gasteiger partial charge in [0.2, 0.25) is 5.91 Å². The van der Waals surface area contributed by atoms with Crippen LogP contribution in [0.15, 0.2) is 24.3 Å². The number of halogens is 1. The van der Waals surface area contributed by atoms with Gasteiger partial charge >= 0.3 is 0 Å². The molecule has 1 aliphatic carbocycles. The summed E-state index contributed by atoms with van der Waals surface area (Å²) in [6.45, 7) is 3.60. The van der Waals surface area contributed by atoms with Crippen LogP contribution in [0.4, 0.5) is 0 Å². The van der Waals surface area contributed by atoms with E-state index in [0.717, 1.165) is 31.5 Å². The summed E-state index contributed by atoms with van der Waals surface area (Å²) in [5.41, 5.74) is 7.93. The summed E-state index contributed by atoms with van der Waals surface area (Å²) in [5.74, 6) is 1.19. The zero-order valence-corrected chi connectivity index (χ0v) is 14.3. The molecule has 1 saturated heterocycles. The summed E-state index contributed by atoms with van der Waals surface area (Å²) in [5, 5.41) is 0. The lowest BCUT2D eigenvalue weighted by Crippen LogP contribution is -2.33. The fourth-order valence-electron chi connectivity index (χ4n) is 3.77. The van der Waals surface area contributed by atoms with Crippen molar-refractivity contribution in [3.63, 3.8) is 0 Å². The van der Waals surface area contributed by atoms with Crippen LogP contribution in [0.1, 0.15) is 41.6 Å². The standard InChI is InChI=1S/C18H24N2O2.ClH/c1-12-2-4-13(5-3-12)17(21)8-9-18(22)20-10-14-6-7-16(19)15(14)11-20;/h2-5,14-16H,6-11,19H2,1H3;1H. The minimum Gasteiger partial charge on any atom is -0.342 e. The Balaban J connectivity index is 0.00000192. The van der Waals surface area contributed by atoms with E-state index in [9.17, 15) is 9.59 Å². The molecule has 23 heavy (non-hydrogen) atoms. The number of nitrogens with zero attached hydrogens (tertiary/aromatic N) is 1. The van der Waals surface area contributed by atoms with Gasteiger partial charge in [0.05, 0.1) is 0 Å². The maximum absolute atomic E-state index is 12.3. The van der Waals surface area contributed by atoms with E-state index in [1.807, 2.05) is 36.1 Å². The third-order valence-electron chi connectivity index (χ3n) is 5.20. The van der Waals surface area contributed by atoms with E-state index in [1.54, 1.807) is 0 Å². The van der Waals surface area contributed by atoms with Gasteiger partial charge < -0.3 is 10.6 Å². The Morgan fingerprint density at radius 2 is 1.83 bits per heavy atom. The minimum absolute atomic E-state index is 0. The van der Waals surface area contributed by atoms with Crippen LogP contribution in [0.25, 0.3) is 0 Å². The normalized spacial score (nSPS) is 25.8. The van der Waals surface area contributed by atoms with Gasteiger partial charge in [0, 0.05) is 37.5 Å². The molecule has 0 aromatic heterocycles. The van der Waals surface area contributed by atoms with Gasteiger partial charge in [-0.3, -0.25) is 9.59 Å². The molecule has 3 unspecified atom stereocenters. The molecule has 1 aliphatic heterocycles. The van der Waals surface area contributed by atoms with Gasteiger partial charge in [-0.2, -0.15) is 0 Å². The average molecular weight is 337 g/mol. The largest absolute Gasteiger partial charge is 0.342 e. The predicted octanol–water partition coefficient (Wildman–Crippen LogP) is 2.58. The first-order chi connectivity index (χ1) is 10.5. The topological polar surface area (TPSA) is 63.4 Å². The number of carbonyl (C=O) groups is 2. The van der Waals surface area contributed by atoms with E-state index in [-0.39, 0.29) is 30.1 Å². The highest BCUT2D eigenvalue weighted by atomic mass is 35.5. The number of carbonyl (C=O) groups excluding carboxylic acids is 2. The second kappa shape index (κ2) is 7.45. The van der Waals surface area contributed by atoms with E-state index >= 15 is 0 Å². The van der Waals surface area contributed by atoms with E-state index in [2.05, 4.69) is 0 Å². The zero-order valence-electron chi connectivity index (χ0n) is 13.5. The highest BCUT2D eigenvalue weighted by Crippen LogP contribution is 2.37. The van der Waals surface area contributed by atoms with Crippen molar-refractivity contribution in [2.24, 2.45) is 17.6 Å². The van der Waals surface area contributed by atoms with Crippen molar-refractivity contribution in [3.8, 4) is 0 Å². The van der Waals surface area contributed by atoms with Crippen LogP contribution >= 0.6 is 12.4 Å². The molecule has 1 aromatic carbocycles. The maximum atomic E-state index is 12.3. The highest BCUT2D eigenvalue weighted by molar-refractivity contribution is 5.98. The number of nitrogens with two attached hydrogens (primary N) is 1. The average Bonchev–Trinajstić information content (AvgIpc) is 3.08.